The van der Waals surface area contributed by atoms with E-state index in [9.17, 15) is 4.79 Å². The molecule has 0 N–H and O–H groups in total. The van der Waals surface area contributed by atoms with E-state index in [1.165, 1.54) is 4.90 Å². The topological polar surface area (TPSA) is 29.5 Å². The molecule has 1 heterocycles. The molecule has 1 saturated heterocycles. The summed E-state index contributed by atoms with van der Waals surface area (Å²) in [5.41, 5.74) is 0.843. The Balaban J connectivity index is 1.79. The summed E-state index contributed by atoms with van der Waals surface area (Å²) >= 11 is 0. The largest absolute Gasteiger partial charge is 0.444 e. The van der Waals surface area contributed by atoms with E-state index < -0.39 is 34.9 Å². The monoisotopic (exact) mass is 413 g/mol. The number of hydrogen-bond donors (Lipinski definition) is 0. The van der Waals surface area contributed by atoms with Crippen molar-refractivity contribution in [3.8, 4) is 0 Å². The molecule has 1 aliphatic heterocycles. The lowest BCUT2D eigenvalue weighted by molar-refractivity contribution is -0.111. The Bertz CT molecular complexity index is 853. The zero-order valence-electron chi connectivity index (χ0n) is 17.8. The Hall–Kier alpha value is -2.43. The first-order valence-electron chi connectivity index (χ1n) is 10.6. The van der Waals surface area contributed by atoms with Gasteiger partial charge in [-0.15, -0.1) is 0 Å². The zero-order valence-corrected chi connectivity index (χ0v) is 17.8. The minimum Gasteiger partial charge on any atom is -0.444 e. The Morgan fingerprint density at radius 2 is 1.40 bits per heavy atom. The van der Waals surface area contributed by atoms with Gasteiger partial charge in [0.1, 0.15) is 5.60 Å². The molecule has 30 heavy (non-hydrogen) atoms. The highest BCUT2D eigenvalue weighted by atomic mass is 19.3. The summed E-state index contributed by atoms with van der Waals surface area (Å²) in [7, 11) is 0. The minimum atomic E-state index is -2.81. The zero-order chi connectivity index (χ0) is 21.6. The van der Waals surface area contributed by atoms with Crippen LogP contribution in [0.25, 0.3) is 0 Å². The molecule has 160 valence electrons. The van der Waals surface area contributed by atoms with E-state index in [1.54, 1.807) is 20.8 Å². The van der Waals surface area contributed by atoms with Crippen LogP contribution in [0.15, 0.2) is 60.7 Å². The summed E-state index contributed by atoms with van der Waals surface area (Å²) in [5.74, 6) is -4.10. The molecule has 2 atom stereocenters. The number of likely N-dealkylation sites (tertiary alicyclic amines) is 1. The summed E-state index contributed by atoms with van der Waals surface area (Å²) in [5, 5.41) is 0. The third kappa shape index (κ3) is 3.59. The summed E-state index contributed by atoms with van der Waals surface area (Å²) < 4.78 is 35.8. The molecule has 2 aromatic rings. The molecule has 1 saturated carbocycles. The fraction of sp³-hybridized carbons (Fsp3) is 0.480. The SMILES string of the molecule is CC(C)(C)OC(=O)N1CC2C(C1)C(c1ccccc1)(c1ccccc1)CCC2(F)F. The first kappa shape index (κ1) is 20.8. The highest BCUT2D eigenvalue weighted by Crippen LogP contribution is 2.58. The summed E-state index contributed by atoms with van der Waals surface area (Å²) in [6.45, 7) is 5.66. The number of fused-ring (bicyclic) bond motifs is 1. The van der Waals surface area contributed by atoms with E-state index in [0.29, 0.717) is 6.42 Å². The predicted octanol–water partition coefficient (Wildman–Crippen LogP) is 5.88. The molecule has 0 spiro atoms. The van der Waals surface area contributed by atoms with E-state index in [1.807, 2.05) is 60.7 Å². The number of amides is 1. The van der Waals surface area contributed by atoms with Crippen molar-refractivity contribution in [2.75, 3.05) is 13.1 Å². The van der Waals surface area contributed by atoms with E-state index in [4.69, 9.17) is 4.74 Å². The van der Waals surface area contributed by atoms with Gasteiger partial charge in [0.05, 0.1) is 0 Å². The molecule has 2 aromatic carbocycles. The molecule has 2 aliphatic rings. The van der Waals surface area contributed by atoms with Gasteiger partial charge in [-0.3, -0.25) is 0 Å². The van der Waals surface area contributed by atoms with Crippen LogP contribution in [-0.4, -0.2) is 35.6 Å². The Morgan fingerprint density at radius 3 is 1.90 bits per heavy atom. The van der Waals surface area contributed by atoms with Gasteiger partial charge < -0.3 is 9.64 Å². The molecule has 1 aliphatic carbocycles. The Morgan fingerprint density at radius 1 is 0.900 bits per heavy atom. The Kier molecular flexibility index (Phi) is 5.11. The van der Waals surface area contributed by atoms with E-state index in [0.717, 1.165) is 11.1 Å². The van der Waals surface area contributed by atoms with Crippen LogP contribution in [0, 0.1) is 11.8 Å². The molecular formula is C25H29F2NO2. The number of ether oxygens (including phenoxy) is 1. The molecular weight excluding hydrogens is 384 g/mol. The number of nitrogens with zero attached hydrogens (tertiary/aromatic N) is 1. The first-order valence-corrected chi connectivity index (χ1v) is 10.6. The highest BCUT2D eigenvalue weighted by molar-refractivity contribution is 5.69. The van der Waals surface area contributed by atoms with Crippen molar-refractivity contribution in [1.29, 1.82) is 0 Å². The van der Waals surface area contributed by atoms with E-state index >= 15 is 8.78 Å². The Labute approximate surface area is 177 Å². The standard InChI is InChI=1S/C25H29F2NO2/c1-23(2,3)30-22(29)28-16-20-21(17-28)25(26,27)15-14-24(20,18-10-6-4-7-11-18)19-12-8-5-9-13-19/h4-13,20-21H,14-17H2,1-3H3. The molecule has 5 heteroatoms. The molecule has 0 aromatic heterocycles. The maximum absolute atomic E-state index is 15.1. The first-order chi connectivity index (χ1) is 14.1. The van der Waals surface area contributed by atoms with Gasteiger partial charge in [0.15, 0.2) is 0 Å². The summed E-state index contributed by atoms with van der Waals surface area (Å²) in [6.07, 6.45) is -0.361. The number of benzene rings is 2. The number of carbonyl (C=O) groups is 1. The van der Waals surface area contributed by atoms with Gasteiger partial charge in [-0.05, 0) is 38.3 Å². The third-order valence-corrected chi connectivity index (χ3v) is 6.58. The fourth-order valence-corrected chi connectivity index (χ4v) is 5.30. The van der Waals surface area contributed by atoms with Gasteiger partial charge in [0.2, 0.25) is 0 Å². The van der Waals surface area contributed by atoms with Crippen molar-refractivity contribution < 1.29 is 18.3 Å². The van der Waals surface area contributed by atoms with Crippen LogP contribution < -0.4 is 0 Å². The third-order valence-electron chi connectivity index (χ3n) is 6.58. The molecule has 4 rings (SSSR count). The van der Waals surface area contributed by atoms with Crippen molar-refractivity contribution in [1.82, 2.24) is 4.90 Å². The number of halogens is 2. The fourth-order valence-electron chi connectivity index (χ4n) is 5.30. The van der Waals surface area contributed by atoms with E-state index in [-0.39, 0.29) is 19.5 Å². The normalized spacial score (nSPS) is 24.9. The lowest BCUT2D eigenvalue weighted by atomic mass is 9.55. The van der Waals surface area contributed by atoms with Gasteiger partial charge in [-0.2, -0.15) is 0 Å². The highest BCUT2D eigenvalue weighted by Gasteiger charge is 2.62. The van der Waals surface area contributed by atoms with Gasteiger partial charge >= 0.3 is 6.09 Å². The average Bonchev–Trinajstić information content (AvgIpc) is 3.16. The van der Waals surface area contributed by atoms with Crippen LogP contribution in [-0.2, 0) is 10.2 Å². The van der Waals surface area contributed by atoms with Crippen molar-refractivity contribution in [3.63, 3.8) is 0 Å². The number of rotatable bonds is 2. The van der Waals surface area contributed by atoms with Gasteiger partial charge in [0.25, 0.3) is 5.92 Å². The second-order valence-electron chi connectivity index (χ2n) is 9.56. The van der Waals surface area contributed by atoms with Crippen molar-refractivity contribution >= 4 is 6.09 Å². The maximum atomic E-state index is 15.1. The average molecular weight is 414 g/mol. The van der Waals surface area contributed by atoms with Crippen LogP contribution in [0.2, 0.25) is 0 Å². The molecule has 0 radical (unpaired) electrons. The summed E-state index contributed by atoms with van der Waals surface area (Å²) in [6, 6.07) is 19.9. The maximum Gasteiger partial charge on any atom is 0.410 e. The number of alkyl halides is 2. The molecule has 0 bridgehead atoms. The van der Waals surface area contributed by atoms with E-state index in [2.05, 4.69) is 0 Å². The lowest BCUT2D eigenvalue weighted by Crippen LogP contribution is -2.51. The molecule has 1 amide bonds. The van der Waals surface area contributed by atoms with Crippen LogP contribution in [0.3, 0.4) is 0 Å². The van der Waals surface area contributed by atoms with Crippen molar-refractivity contribution in [2.24, 2.45) is 11.8 Å². The number of hydrogen-bond acceptors (Lipinski definition) is 2. The molecule has 3 nitrogen and oxygen atoms in total. The quantitative estimate of drug-likeness (QED) is 0.615. The van der Waals surface area contributed by atoms with Gasteiger partial charge in [-0.1, -0.05) is 60.7 Å². The van der Waals surface area contributed by atoms with Gasteiger partial charge in [0, 0.05) is 36.8 Å². The second-order valence-corrected chi connectivity index (χ2v) is 9.56. The second kappa shape index (κ2) is 7.36. The van der Waals surface area contributed by atoms with Crippen LogP contribution >= 0.6 is 0 Å². The van der Waals surface area contributed by atoms with Crippen molar-refractivity contribution in [3.05, 3.63) is 71.8 Å². The van der Waals surface area contributed by atoms with Crippen LogP contribution in [0.5, 0.6) is 0 Å². The summed E-state index contributed by atoms with van der Waals surface area (Å²) in [4.78, 5) is 14.2. The molecule has 2 fully saturated rings. The smallest absolute Gasteiger partial charge is 0.410 e. The lowest BCUT2D eigenvalue weighted by Gasteiger charge is -2.49. The molecule has 2 unspecified atom stereocenters. The minimum absolute atomic E-state index is 0.0218. The number of carbonyl (C=O) groups excluding carboxylic acids is 1. The van der Waals surface area contributed by atoms with Gasteiger partial charge in [-0.25, -0.2) is 13.6 Å². The predicted molar refractivity (Wildman–Crippen MR) is 113 cm³/mol. The van der Waals surface area contributed by atoms with Crippen LogP contribution in [0.4, 0.5) is 13.6 Å². The van der Waals surface area contributed by atoms with Crippen molar-refractivity contribution in [2.45, 2.75) is 50.6 Å². The van der Waals surface area contributed by atoms with Crippen LogP contribution in [0.1, 0.15) is 44.7 Å².